The highest BCUT2D eigenvalue weighted by molar-refractivity contribution is 7.11. The van der Waals surface area contributed by atoms with E-state index in [0.29, 0.717) is 6.04 Å². The van der Waals surface area contributed by atoms with Crippen LogP contribution in [0.3, 0.4) is 0 Å². The second kappa shape index (κ2) is 5.96. The number of aromatic nitrogens is 1. The lowest BCUT2D eigenvalue weighted by molar-refractivity contribution is 0.238. The summed E-state index contributed by atoms with van der Waals surface area (Å²) in [6, 6.07) is 0.717. The summed E-state index contributed by atoms with van der Waals surface area (Å²) in [5.41, 5.74) is 0. The number of hydrogen-bond donors (Lipinski definition) is 1. The zero-order chi connectivity index (χ0) is 12.3. The monoisotopic (exact) mass is 252 g/mol. The van der Waals surface area contributed by atoms with Crippen LogP contribution in [-0.2, 0) is 6.54 Å². The molecule has 0 unspecified atom stereocenters. The van der Waals surface area contributed by atoms with Crippen molar-refractivity contribution in [3.63, 3.8) is 0 Å². The minimum atomic E-state index is 0.717. The number of nitrogens with zero attached hydrogens (tertiary/aromatic N) is 1. The first kappa shape index (κ1) is 13.0. The van der Waals surface area contributed by atoms with Gasteiger partial charge in [0.2, 0.25) is 0 Å². The molecule has 1 aliphatic rings. The van der Waals surface area contributed by atoms with E-state index < -0.39 is 0 Å². The number of thiazole rings is 1. The molecule has 2 rings (SSSR count). The summed E-state index contributed by atoms with van der Waals surface area (Å²) in [7, 11) is 0. The summed E-state index contributed by atoms with van der Waals surface area (Å²) in [5.74, 6) is 1.81. The molecule has 0 atom stereocenters. The molecule has 0 aliphatic heterocycles. The van der Waals surface area contributed by atoms with Crippen LogP contribution in [-0.4, -0.2) is 11.0 Å². The SMILES string of the molecule is Cc1cnc(CNC2CCC(C(C)C)CC2)s1. The van der Waals surface area contributed by atoms with Crippen LogP contribution < -0.4 is 5.32 Å². The Labute approximate surface area is 109 Å². The minimum Gasteiger partial charge on any atom is -0.308 e. The van der Waals surface area contributed by atoms with Crippen molar-refractivity contribution >= 4 is 11.3 Å². The van der Waals surface area contributed by atoms with Crippen molar-refractivity contribution < 1.29 is 0 Å². The smallest absolute Gasteiger partial charge is 0.107 e. The summed E-state index contributed by atoms with van der Waals surface area (Å²) in [6.45, 7) is 7.79. The molecule has 1 aliphatic carbocycles. The maximum atomic E-state index is 4.40. The maximum Gasteiger partial charge on any atom is 0.107 e. The Morgan fingerprint density at radius 1 is 1.35 bits per heavy atom. The number of nitrogens with one attached hydrogen (secondary N) is 1. The molecule has 0 saturated heterocycles. The molecule has 0 bridgehead atoms. The fourth-order valence-electron chi connectivity index (χ4n) is 2.70. The molecule has 1 fully saturated rings. The quantitative estimate of drug-likeness (QED) is 0.882. The zero-order valence-corrected chi connectivity index (χ0v) is 12.0. The highest BCUT2D eigenvalue weighted by Gasteiger charge is 2.22. The van der Waals surface area contributed by atoms with Gasteiger partial charge in [-0.1, -0.05) is 13.8 Å². The molecule has 1 heterocycles. The van der Waals surface area contributed by atoms with Crippen LogP contribution in [0, 0.1) is 18.8 Å². The van der Waals surface area contributed by atoms with Crippen LogP contribution in [0.4, 0.5) is 0 Å². The van der Waals surface area contributed by atoms with Crippen LogP contribution in [0.5, 0.6) is 0 Å². The van der Waals surface area contributed by atoms with Crippen molar-refractivity contribution in [2.45, 2.75) is 59.0 Å². The van der Waals surface area contributed by atoms with Gasteiger partial charge in [-0.25, -0.2) is 4.98 Å². The normalized spacial score (nSPS) is 25.4. The van der Waals surface area contributed by atoms with E-state index in [9.17, 15) is 0 Å². The number of rotatable bonds is 4. The highest BCUT2D eigenvalue weighted by Crippen LogP contribution is 2.30. The second-order valence-corrected chi connectivity index (χ2v) is 6.92. The van der Waals surface area contributed by atoms with E-state index in [1.807, 2.05) is 17.5 Å². The van der Waals surface area contributed by atoms with Gasteiger partial charge in [-0.3, -0.25) is 0 Å². The Balaban J connectivity index is 1.71. The third-order valence-electron chi connectivity index (χ3n) is 3.93. The second-order valence-electron chi connectivity index (χ2n) is 5.60. The molecule has 0 radical (unpaired) electrons. The molecule has 0 spiro atoms. The van der Waals surface area contributed by atoms with E-state index in [4.69, 9.17) is 0 Å². The van der Waals surface area contributed by atoms with Gasteiger partial charge in [0, 0.05) is 23.7 Å². The first-order chi connectivity index (χ1) is 8.15. The molecule has 0 aromatic carbocycles. The van der Waals surface area contributed by atoms with Crippen LogP contribution in [0.2, 0.25) is 0 Å². The van der Waals surface area contributed by atoms with Gasteiger partial charge in [0.25, 0.3) is 0 Å². The number of hydrogen-bond acceptors (Lipinski definition) is 3. The predicted octanol–water partition coefficient (Wildman–Crippen LogP) is 3.76. The van der Waals surface area contributed by atoms with Gasteiger partial charge in [0.15, 0.2) is 0 Å². The third-order valence-corrected chi connectivity index (χ3v) is 4.84. The van der Waals surface area contributed by atoms with E-state index >= 15 is 0 Å². The molecule has 96 valence electrons. The van der Waals surface area contributed by atoms with E-state index in [1.165, 1.54) is 35.6 Å². The van der Waals surface area contributed by atoms with Crippen LogP contribution in [0.25, 0.3) is 0 Å². The van der Waals surface area contributed by atoms with Crippen molar-refractivity contribution in [3.05, 3.63) is 16.1 Å². The molecule has 2 nitrogen and oxygen atoms in total. The number of aryl methyl sites for hydroxylation is 1. The largest absolute Gasteiger partial charge is 0.308 e. The Bertz CT molecular complexity index is 338. The molecular weight excluding hydrogens is 228 g/mol. The Morgan fingerprint density at radius 2 is 2.06 bits per heavy atom. The maximum absolute atomic E-state index is 4.40. The van der Waals surface area contributed by atoms with E-state index in [0.717, 1.165) is 18.4 Å². The molecule has 1 aromatic rings. The molecular formula is C14H24N2S. The summed E-state index contributed by atoms with van der Waals surface area (Å²) >= 11 is 1.81. The lowest BCUT2D eigenvalue weighted by Gasteiger charge is -2.31. The van der Waals surface area contributed by atoms with Crippen LogP contribution in [0.1, 0.15) is 49.4 Å². The van der Waals surface area contributed by atoms with Crippen molar-refractivity contribution in [1.82, 2.24) is 10.3 Å². The fraction of sp³-hybridized carbons (Fsp3) is 0.786. The van der Waals surface area contributed by atoms with E-state index in [2.05, 4.69) is 31.1 Å². The lowest BCUT2D eigenvalue weighted by atomic mass is 9.80. The molecule has 17 heavy (non-hydrogen) atoms. The molecule has 3 heteroatoms. The molecule has 1 saturated carbocycles. The average Bonchev–Trinajstić information content (AvgIpc) is 2.73. The standard InChI is InChI=1S/C14H24N2S/c1-10(2)12-4-6-13(7-5-12)15-9-14-16-8-11(3)17-14/h8,10,12-13,15H,4-7,9H2,1-3H3. The third kappa shape index (κ3) is 3.78. The Morgan fingerprint density at radius 3 is 2.59 bits per heavy atom. The van der Waals surface area contributed by atoms with Crippen molar-refractivity contribution in [2.24, 2.45) is 11.8 Å². The topological polar surface area (TPSA) is 24.9 Å². The van der Waals surface area contributed by atoms with Gasteiger partial charge in [-0.05, 0) is 44.4 Å². The highest BCUT2D eigenvalue weighted by atomic mass is 32.1. The van der Waals surface area contributed by atoms with Crippen LogP contribution in [0.15, 0.2) is 6.20 Å². The van der Waals surface area contributed by atoms with E-state index in [-0.39, 0.29) is 0 Å². The minimum absolute atomic E-state index is 0.717. The van der Waals surface area contributed by atoms with Gasteiger partial charge in [0.05, 0.1) is 0 Å². The van der Waals surface area contributed by atoms with Gasteiger partial charge in [-0.15, -0.1) is 11.3 Å². The van der Waals surface area contributed by atoms with Crippen molar-refractivity contribution in [3.8, 4) is 0 Å². The fourth-order valence-corrected chi connectivity index (χ4v) is 3.44. The average molecular weight is 252 g/mol. The summed E-state index contributed by atoms with van der Waals surface area (Å²) in [6.07, 6.45) is 7.44. The lowest BCUT2D eigenvalue weighted by Crippen LogP contribution is -2.33. The summed E-state index contributed by atoms with van der Waals surface area (Å²) in [4.78, 5) is 5.71. The first-order valence-corrected chi connectivity index (χ1v) is 7.61. The predicted molar refractivity (Wildman–Crippen MR) is 74.3 cm³/mol. The van der Waals surface area contributed by atoms with Gasteiger partial charge in [-0.2, -0.15) is 0 Å². The Hall–Kier alpha value is -0.410. The zero-order valence-electron chi connectivity index (χ0n) is 11.2. The van der Waals surface area contributed by atoms with Crippen molar-refractivity contribution in [1.29, 1.82) is 0 Å². The van der Waals surface area contributed by atoms with Gasteiger partial charge in [0.1, 0.15) is 5.01 Å². The molecule has 1 N–H and O–H groups in total. The van der Waals surface area contributed by atoms with Crippen molar-refractivity contribution in [2.75, 3.05) is 0 Å². The first-order valence-electron chi connectivity index (χ1n) is 6.80. The van der Waals surface area contributed by atoms with Crippen LogP contribution >= 0.6 is 11.3 Å². The Kier molecular flexibility index (Phi) is 4.57. The molecule has 1 aromatic heterocycles. The van der Waals surface area contributed by atoms with E-state index in [1.54, 1.807) is 0 Å². The summed E-state index contributed by atoms with van der Waals surface area (Å²) in [5, 5.41) is 4.89. The van der Waals surface area contributed by atoms with Gasteiger partial charge >= 0.3 is 0 Å². The van der Waals surface area contributed by atoms with Gasteiger partial charge < -0.3 is 5.32 Å². The molecule has 0 amide bonds. The summed E-state index contributed by atoms with van der Waals surface area (Å²) < 4.78 is 0.